The van der Waals surface area contributed by atoms with E-state index in [1.54, 1.807) is 6.92 Å². The second kappa shape index (κ2) is 4.45. The van der Waals surface area contributed by atoms with Crippen molar-refractivity contribution in [2.75, 3.05) is 14.1 Å². The molecule has 12 heavy (non-hydrogen) atoms. The first kappa shape index (κ1) is 11.4. The van der Waals surface area contributed by atoms with Gasteiger partial charge in [-0.1, -0.05) is 0 Å². The lowest BCUT2D eigenvalue weighted by Crippen LogP contribution is -2.40. The molecule has 0 aromatic carbocycles. The Kier molecular flexibility index (Phi) is 4.24. The van der Waals surface area contributed by atoms with Crippen molar-refractivity contribution in [3.05, 3.63) is 0 Å². The molecule has 0 aliphatic heterocycles. The SMILES string of the molecule is C#CCC(C)NS(=O)(=O)N(C)C. The minimum atomic E-state index is -3.33. The number of terminal acetylenes is 1. The predicted octanol–water partition coefficient (Wildman–Crippen LogP) is -0.206. The third-order valence-corrected chi connectivity index (χ3v) is 2.92. The van der Waals surface area contributed by atoms with Crippen LogP contribution in [0.15, 0.2) is 0 Å². The summed E-state index contributed by atoms with van der Waals surface area (Å²) >= 11 is 0. The van der Waals surface area contributed by atoms with Gasteiger partial charge >= 0.3 is 0 Å². The van der Waals surface area contributed by atoms with E-state index in [4.69, 9.17) is 6.42 Å². The van der Waals surface area contributed by atoms with Crippen molar-refractivity contribution in [2.45, 2.75) is 19.4 Å². The standard InChI is InChI=1S/C7H14N2O2S/c1-5-6-7(2)8-12(10,11)9(3)4/h1,7-8H,6H2,2-4H3. The Hall–Kier alpha value is -0.570. The van der Waals surface area contributed by atoms with Crippen LogP contribution in [0.1, 0.15) is 13.3 Å². The maximum absolute atomic E-state index is 11.2. The van der Waals surface area contributed by atoms with Gasteiger partial charge in [0.05, 0.1) is 0 Å². The van der Waals surface area contributed by atoms with E-state index in [2.05, 4.69) is 10.6 Å². The Morgan fingerprint density at radius 3 is 2.42 bits per heavy atom. The van der Waals surface area contributed by atoms with Crippen molar-refractivity contribution in [3.8, 4) is 12.3 Å². The molecule has 1 atom stereocenters. The molecule has 0 spiro atoms. The molecule has 0 heterocycles. The number of hydrogen-bond acceptors (Lipinski definition) is 2. The third-order valence-electron chi connectivity index (χ3n) is 1.25. The minimum absolute atomic E-state index is 0.220. The van der Waals surface area contributed by atoms with Crippen LogP contribution in [0.2, 0.25) is 0 Å². The average molecular weight is 190 g/mol. The van der Waals surface area contributed by atoms with Gasteiger partial charge in [0, 0.05) is 26.6 Å². The monoisotopic (exact) mass is 190 g/mol. The molecule has 0 aromatic rings. The molecule has 5 heteroatoms. The normalized spacial score (nSPS) is 14.2. The van der Waals surface area contributed by atoms with Crippen LogP contribution in [0.3, 0.4) is 0 Å². The second-order valence-electron chi connectivity index (χ2n) is 2.71. The molecule has 0 saturated heterocycles. The van der Waals surface area contributed by atoms with Crippen LogP contribution >= 0.6 is 0 Å². The van der Waals surface area contributed by atoms with E-state index in [9.17, 15) is 8.42 Å². The van der Waals surface area contributed by atoms with Crippen LogP contribution in [0, 0.1) is 12.3 Å². The van der Waals surface area contributed by atoms with Crippen molar-refractivity contribution in [1.29, 1.82) is 0 Å². The Morgan fingerprint density at radius 1 is 1.58 bits per heavy atom. The van der Waals surface area contributed by atoms with Crippen LogP contribution < -0.4 is 4.72 Å². The van der Waals surface area contributed by atoms with E-state index in [-0.39, 0.29) is 6.04 Å². The largest absolute Gasteiger partial charge is 0.279 e. The van der Waals surface area contributed by atoms with Crippen LogP contribution in [0.25, 0.3) is 0 Å². The molecule has 0 aromatic heterocycles. The maximum atomic E-state index is 11.2. The van der Waals surface area contributed by atoms with Crippen LogP contribution in [-0.2, 0) is 10.2 Å². The summed E-state index contributed by atoms with van der Waals surface area (Å²) in [5, 5.41) is 0. The smallest absolute Gasteiger partial charge is 0.198 e. The van der Waals surface area contributed by atoms with Gasteiger partial charge in [-0.05, 0) is 6.92 Å². The Bertz CT molecular complexity index is 264. The summed E-state index contributed by atoms with van der Waals surface area (Å²) in [5.41, 5.74) is 0. The fraction of sp³-hybridized carbons (Fsp3) is 0.714. The number of hydrogen-bond donors (Lipinski definition) is 1. The molecule has 0 bridgehead atoms. The summed E-state index contributed by atoms with van der Waals surface area (Å²) in [6.45, 7) is 1.72. The van der Waals surface area contributed by atoms with E-state index in [0.29, 0.717) is 6.42 Å². The van der Waals surface area contributed by atoms with Crippen molar-refractivity contribution in [2.24, 2.45) is 0 Å². The molecule has 0 aliphatic rings. The van der Waals surface area contributed by atoms with Crippen LogP contribution in [0.5, 0.6) is 0 Å². The zero-order valence-electron chi connectivity index (χ0n) is 7.53. The molecular weight excluding hydrogens is 176 g/mol. The minimum Gasteiger partial charge on any atom is -0.198 e. The van der Waals surface area contributed by atoms with Gasteiger partial charge in [-0.2, -0.15) is 17.4 Å². The highest BCUT2D eigenvalue weighted by Gasteiger charge is 2.15. The van der Waals surface area contributed by atoms with Crippen LogP contribution in [0.4, 0.5) is 0 Å². The van der Waals surface area contributed by atoms with E-state index in [1.807, 2.05) is 0 Å². The van der Waals surface area contributed by atoms with Crippen molar-refractivity contribution in [3.63, 3.8) is 0 Å². The van der Waals surface area contributed by atoms with Crippen molar-refractivity contribution >= 4 is 10.2 Å². The maximum Gasteiger partial charge on any atom is 0.279 e. The molecule has 4 nitrogen and oxygen atoms in total. The number of rotatable bonds is 4. The Morgan fingerprint density at radius 2 is 2.08 bits per heavy atom. The molecule has 0 radical (unpaired) electrons. The van der Waals surface area contributed by atoms with E-state index in [0.717, 1.165) is 4.31 Å². The molecular formula is C7H14N2O2S. The van der Waals surface area contributed by atoms with Gasteiger partial charge in [-0.3, -0.25) is 0 Å². The number of nitrogens with zero attached hydrogens (tertiary/aromatic N) is 1. The van der Waals surface area contributed by atoms with E-state index >= 15 is 0 Å². The zero-order valence-corrected chi connectivity index (χ0v) is 8.35. The van der Waals surface area contributed by atoms with Crippen LogP contribution in [-0.4, -0.2) is 32.9 Å². The molecule has 1 unspecified atom stereocenters. The number of nitrogens with one attached hydrogen (secondary N) is 1. The van der Waals surface area contributed by atoms with Gasteiger partial charge in [0.25, 0.3) is 10.2 Å². The van der Waals surface area contributed by atoms with Gasteiger partial charge in [0.2, 0.25) is 0 Å². The summed E-state index contributed by atoms with van der Waals surface area (Å²) < 4.78 is 25.8. The van der Waals surface area contributed by atoms with Crippen molar-refractivity contribution < 1.29 is 8.42 Å². The molecule has 0 saturated carbocycles. The van der Waals surface area contributed by atoms with Gasteiger partial charge < -0.3 is 0 Å². The summed E-state index contributed by atoms with van der Waals surface area (Å²) in [6.07, 6.45) is 5.42. The van der Waals surface area contributed by atoms with Gasteiger partial charge in [-0.25, -0.2) is 0 Å². The molecule has 0 aliphatic carbocycles. The summed E-state index contributed by atoms with van der Waals surface area (Å²) in [7, 11) is -0.405. The first-order valence-electron chi connectivity index (χ1n) is 3.53. The molecule has 1 N–H and O–H groups in total. The fourth-order valence-electron chi connectivity index (χ4n) is 0.578. The first-order valence-corrected chi connectivity index (χ1v) is 4.97. The average Bonchev–Trinajstić information content (AvgIpc) is 1.85. The molecule has 70 valence electrons. The topological polar surface area (TPSA) is 49.4 Å². The summed E-state index contributed by atoms with van der Waals surface area (Å²) in [6, 6.07) is -0.220. The Balaban J connectivity index is 4.19. The lowest BCUT2D eigenvalue weighted by atomic mass is 10.3. The second-order valence-corrected chi connectivity index (χ2v) is 4.63. The van der Waals surface area contributed by atoms with E-state index < -0.39 is 10.2 Å². The fourth-order valence-corrected chi connectivity index (χ4v) is 1.38. The highest BCUT2D eigenvalue weighted by Crippen LogP contribution is 1.94. The quantitative estimate of drug-likeness (QED) is 0.624. The highest BCUT2D eigenvalue weighted by atomic mass is 32.2. The van der Waals surface area contributed by atoms with Gasteiger partial charge in [0.1, 0.15) is 0 Å². The predicted molar refractivity (Wildman–Crippen MR) is 48.7 cm³/mol. The van der Waals surface area contributed by atoms with Crippen molar-refractivity contribution in [1.82, 2.24) is 9.03 Å². The molecule has 0 fully saturated rings. The summed E-state index contributed by atoms with van der Waals surface area (Å²) in [4.78, 5) is 0. The summed E-state index contributed by atoms with van der Waals surface area (Å²) in [5.74, 6) is 2.38. The third kappa shape index (κ3) is 3.72. The molecule has 0 rings (SSSR count). The zero-order chi connectivity index (χ0) is 9.78. The lowest BCUT2D eigenvalue weighted by molar-refractivity contribution is 0.493. The van der Waals surface area contributed by atoms with Gasteiger partial charge in [0.15, 0.2) is 0 Å². The first-order chi connectivity index (χ1) is 5.40. The van der Waals surface area contributed by atoms with E-state index in [1.165, 1.54) is 14.1 Å². The Labute approximate surface area is 74.1 Å². The molecule has 0 amide bonds. The van der Waals surface area contributed by atoms with Gasteiger partial charge in [-0.15, -0.1) is 12.3 Å². The highest BCUT2D eigenvalue weighted by molar-refractivity contribution is 7.87. The lowest BCUT2D eigenvalue weighted by Gasteiger charge is -2.15.